The number of nitrogens with zero attached hydrogens (tertiary/aromatic N) is 2. The molecule has 1 aromatic carbocycles. The summed E-state index contributed by atoms with van der Waals surface area (Å²) < 4.78 is 11.9. The van der Waals surface area contributed by atoms with Gasteiger partial charge < -0.3 is 14.6 Å². The van der Waals surface area contributed by atoms with Gasteiger partial charge in [0.1, 0.15) is 6.10 Å². The van der Waals surface area contributed by atoms with Crippen molar-refractivity contribution in [3.63, 3.8) is 0 Å². The van der Waals surface area contributed by atoms with Crippen LogP contribution in [0.5, 0.6) is 0 Å². The lowest BCUT2D eigenvalue weighted by molar-refractivity contribution is 0.0208. The summed E-state index contributed by atoms with van der Waals surface area (Å²) in [6, 6.07) is 6.02. The Kier molecular flexibility index (Phi) is 3.63. The number of rotatable bonds is 2. The van der Waals surface area contributed by atoms with Crippen molar-refractivity contribution in [3.05, 3.63) is 34.1 Å². The van der Waals surface area contributed by atoms with Gasteiger partial charge in [0.05, 0.1) is 12.2 Å². The Balaban J connectivity index is 1.89. The second-order valence-electron chi connectivity index (χ2n) is 4.50. The highest BCUT2D eigenvalue weighted by Crippen LogP contribution is 2.29. The van der Waals surface area contributed by atoms with Crippen LogP contribution in [0.4, 0.5) is 0 Å². The third-order valence-electron chi connectivity index (χ3n) is 3.01. The van der Waals surface area contributed by atoms with Crippen LogP contribution in [0.3, 0.4) is 0 Å². The molecule has 2 aromatic rings. The highest BCUT2D eigenvalue weighted by Gasteiger charge is 2.22. The minimum absolute atomic E-state index is 0.130. The molecule has 1 aliphatic rings. The summed E-state index contributed by atoms with van der Waals surface area (Å²) in [7, 11) is 0. The summed E-state index contributed by atoms with van der Waals surface area (Å²) in [5.41, 5.74) is 2.05. The SMILES string of the molecule is Cc1ccc(Br)c(-c2nc(C3CNCCO3)no2)c1. The highest BCUT2D eigenvalue weighted by atomic mass is 79.9. The third-order valence-corrected chi connectivity index (χ3v) is 3.70. The first kappa shape index (κ1) is 12.8. The summed E-state index contributed by atoms with van der Waals surface area (Å²) in [6.07, 6.45) is -0.130. The molecule has 1 aliphatic heterocycles. The molecule has 19 heavy (non-hydrogen) atoms. The fourth-order valence-electron chi connectivity index (χ4n) is 2.01. The average Bonchev–Trinajstić information content (AvgIpc) is 2.92. The number of aryl methyl sites for hydroxylation is 1. The van der Waals surface area contributed by atoms with Gasteiger partial charge in [-0.1, -0.05) is 16.8 Å². The monoisotopic (exact) mass is 323 g/mol. The molecule has 1 saturated heterocycles. The van der Waals surface area contributed by atoms with Gasteiger partial charge in [-0.15, -0.1) is 0 Å². The maximum absolute atomic E-state index is 5.61. The summed E-state index contributed by atoms with van der Waals surface area (Å²) in [5, 5.41) is 7.26. The quantitative estimate of drug-likeness (QED) is 0.920. The highest BCUT2D eigenvalue weighted by molar-refractivity contribution is 9.10. The fourth-order valence-corrected chi connectivity index (χ4v) is 2.43. The molecular weight excluding hydrogens is 310 g/mol. The first-order chi connectivity index (χ1) is 9.24. The number of morpholine rings is 1. The molecule has 0 amide bonds. The van der Waals surface area contributed by atoms with Crippen LogP contribution in [0.2, 0.25) is 0 Å². The Morgan fingerprint density at radius 3 is 3.11 bits per heavy atom. The van der Waals surface area contributed by atoms with Gasteiger partial charge in [0, 0.05) is 17.6 Å². The summed E-state index contributed by atoms with van der Waals surface area (Å²) in [6.45, 7) is 4.28. The van der Waals surface area contributed by atoms with Crippen molar-refractivity contribution in [1.29, 1.82) is 0 Å². The van der Waals surface area contributed by atoms with Gasteiger partial charge in [-0.3, -0.25) is 0 Å². The molecule has 3 rings (SSSR count). The van der Waals surface area contributed by atoms with E-state index in [0.29, 0.717) is 24.9 Å². The zero-order chi connectivity index (χ0) is 13.2. The zero-order valence-electron chi connectivity index (χ0n) is 10.5. The predicted molar refractivity (Wildman–Crippen MR) is 73.7 cm³/mol. The molecule has 6 heteroatoms. The number of hydrogen-bond donors (Lipinski definition) is 1. The smallest absolute Gasteiger partial charge is 0.259 e. The Labute approximate surface area is 119 Å². The van der Waals surface area contributed by atoms with Crippen molar-refractivity contribution < 1.29 is 9.26 Å². The van der Waals surface area contributed by atoms with E-state index in [1.165, 1.54) is 0 Å². The van der Waals surface area contributed by atoms with Gasteiger partial charge in [-0.2, -0.15) is 4.98 Å². The minimum Gasteiger partial charge on any atom is -0.367 e. The topological polar surface area (TPSA) is 60.2 Å². The molecule has 5 nitrogen and oxygen atoms in total. The first-order valence-electron chi connectivity index (χ1n) is 6.16. The summed E-state index contributed by atoms with van der Waals surface area (Å²) >= 11 is 3.50. The van der Waals surface area contributed by atoms with Crippen LogP contribution in [0.15, 0.2) is 27.2 Å². The van der Waals surface area contributed by atoms with E-state index in [-0.39, 0.29) is 6.10 Å². The predicted octanol–water partition coefficient (Wildman–Crippen LogP) is 2.47. The van der Waals surface area contributed by atoms with Crippen LogP contribution in [0.25, 0.3) is 11.5 Å². The van der Waals surface area contributed by atoms with Crippen LogP contribution in [-0.4, -0.2) is 29.8 Å². The molecular formula is C13H14BrN3O2. The maximum atomic E-state index is 5.61. The van der Waals surface area contributed by atoms with E-state index in [2.05, 4.69) is 31.4 Å². The van der Waals surface area contributed by atoms with E-state index in [1.807, 2.05) is 25.1 Å². The largest absolute Gasteiger partial charge is 0.367 e. The standard InChI is InChI=1S/C13H14BrN3O2/c1-8-2-3-10(14)9(6-8)13-16-12(17-19-13)11-7-15-4-5-18-11/h2-3,6,11,15H,4-5,7H2,1H3. The Morgan fingerprint density at radius 2 is 2.32 bits per heavy atom. The lowest BCUT2D eigenvalue weighted by atomic mass is 10.1. The van der Waals surface area contributed by atoms with E-state index in [4.69, 9.17) is 9.26 Å². The van der Waals surface area contributed by atoms with Gasteiger partial charge in [0.25, 0.3) is 5.89 Å². The van der Waals surface area contributed by atoms with E-state index in [9.17, 15) is 0 Å². The lowest BCUT2D eigenvalue weighted by Gasteiger charge is -2.20. The van der Waals surface area contributed by atoms with Crippen molar-refractivity contribution >= 4 is 15.9 Å². The van der Waals surface area contributed by atoms with Crippen LogP contribution < -0.4 is 5.32 Å². The summed E-state index contributed by atoms with van der Waals surface area (Å²) in [5.74, 6) is 1.11. The number of halogens is 1. The van der Waals surface area contributed by atoms with Gasteiger partial charge in [0.2, 0.25) is 5.82 Å². The second-order valence-corrected chi connectivity index (χ2v) is 5.36. The molecule has 0 saturated carbocycles. The molecule has 1 aromatic heterocycles. The molecule has 1 unspecified atom stereocenters. The molecule has 0 radical (unpaired) electrons. The number of aromatic nitrogens is 2. The number of benzene rings is 1. The lowest BCUT2D eigenvalue weighted by Crippen LogP contribution is -2.33. The normalized spacial score (nSPS) is 19.6. The Hall–Kier alpha value is -1.24. The Bertz CT molecular complexity index is 579. The van der Waals surface area contributed by atoms with Crippen LogP contribution >= 0.6 is 15.9 Å². The van der Waals surface area contributed by atoms with Crippen molar-refractivity contribution in [3.8, 4) is 11.5 Å². The molecule has 0 spiro atoms. The Morgan fingerprint density at radius 1 is 1.42 bits per heavy atom. The number of ether oxygens (including phenoxy) is 1. The van der Waals surface area contributed by atoms with Crippen molar-refractivity contribution in [2.45, 2.75) is 13.0 Å². The number of nitrogens with one attached hydrogen (secondary N) is 1. The molecule has 1 N–H and O–H groups in total. The van der Waals surface area contributed by atoms with Crippen LogP contribution in [0, 0.1) is 6.92 Å². The number of hydrogen-bond acceptors (Lipinski definition) is 5. The van der Waals surface area contributed by atoms with Crippen molar-refractivity contribution in [2.75, 3.05) is 19.7 Å². The average molecular weight is 324 g/mol. The second kappa shape index (κ2) is 5.40. The zero-order valence-corrected chi connectivity index (χ0v) is 12.1. The van der Waals surface area contributed by atoms with E-state index >= 15 is 0 Å². The molecule has 100 valence electrons. The van der Waals surface area contributed by atoms with Gasteiger partial charge in [0.15, 0.2) is 0 Å². The van der Waals surface area contributed by atoms with Gasteiger partial charge in [-0.25, -0.2) is 0 Å². The molecule has 1 fully saturated rings. The molecule has 2 heterocycles. The van der Waals surface area contributed by atoms with E-state index in [1.54, 1.807) is 0 Å². The van der Waals surface area contributed by atoms with Crippen LogP contribution in [-0.2, 0) is 4.74 Å². The molecule has 1 atom stereocenters. The van der Waals surface area contributed by atoms with E-state index < -0.39 is 0 Å². The van der Waals surface area contributed by atoms with Crippen molar-refractivity contribution in [1.82, 2.24) is 15.5 Å². The first-order valence-corrected chi connectivity index (χ1v) is 6.96. The van der Waals surface area contributed by atoms with Gasteiger partial charge in [-0.05, 0) is 35.0 Å². The van der Waals surface area contributed by atoms with E-state index in [0.717, 1.165) is 22.1 Å². The summed E-state index contributed by atoms with van der Waals surface area (Å²) in [4.78, 5) is 4.43. The maximum Gasteiger partial charge on any atom is 0.259 e. The fraction of sp³-hybridized carbons (Fsp3) is 0.385. The molecule has 0 aliphatic carbocycles. The third kappa shape index (κ3) is 2.70. The molecule has 0 bridgehead atoms. The minimum atomic E-state index is -0.130. The van der Waals surface area contributed by atoms with Crippen LogP contribution in [0.1, 0.15) is 17.5 Å². The van der Waals surface area contributed by atoms with Crippen molar-refractivity contribution in [2.24, 2.45) is 0 Å². The van der Waals surface area contributed by atoms with Gasteiger partial charge >= 0.3 is 0 Å².